The van der Waals surface area contributed by atoms with Crippen LogP contribution in [0.15, 0.2) is 44.7 Å². The average Bonchev–Trinajstić information content (AvgIpc) is 3.07. The second kappa shape index (κ2) is 6.23. The molecule has 20 heavy (non-hydrogen) atoms. The van der Waals surface area contributed by atoms with Gasteiger partial charge in [0.1, 0.15) is 10.4 Å². The molecule has 2 nitrogen and oxygen atoms in total. The van der Waals surface area contributed by atoms with Gasteiger partial charge in [-0.25, -0.2) is 0 Å². The Morgan fingerprint density at radius 2 is 1.80 bits per heavy atom. The van der Waals surface area contributed by atoms with Crippen molar-refractivity contribution in [2.45, 2.75) is 5.38 Å². The summed E-state index contributed by atoms with van der Waals surface area (Å²) in [7, 11) is 0. The van der Waals surface area contributed by atoms with Gasteiger partial charge in [-0.3, -0.25) is 0 Å². The number of hydrogen-bond acceptors (Lipinski definition) is 4. The summed E-state index contributed by atoms with van der Waals surface area (Å²) in [6.07, 6.45) is 0. The SMILES string of the molecule is ClC(c1ccccc1)c1nnc(-c2cc(Br)c(Br)s2)s1. The van der Waals surface area contributed by atoms with E-state index in [0.29, 0.717) is 0 Å². The van der Waals surface area contributed by atoms with E-state index in [2.05, 4.69) is 42.1 Å². The highest BCUT2D eigenvalue weighted by Gasteiger charge is 2.18. The molecule has 0 aliphatic rings. The van der Waals surface area contributed by atoms with Crippen molar-refractivity contribution in [3.8, 4) is 9.88 Å². The van der Waals surface area contributed by atoms with Crippen LogP contribution in [-0.4, -0.2) is 10.2 Å². The fourth-order valence-corrected chi connectivity index (χ4v) is 4.90. The second-order valence-corrected chi connectivity index (χ2v) is 8.62. The van der Waals surface area contributed by atoms with E-state index in [1.54, 1.807) is 11.3 Å². The number of hydrogen-bond donors (Lipinski definition) is 0. The fraction of sp³-hybridized carbons (Fsp3) is 0.0769. The molecule has 0 bridgehead atoms. The first-order chi connectivity index (χ1) is 9.65. The van der Waals surface area contributed by atoms with Crippen LogP contribution in [0.4, 0.5) is 0 Å². The molecule has 1 aromatic carbocycles. The summed E-state index contributed by atoms with van der Waals surface area (Å²) in [5.74, 6) is 0. The summed E-state index contributed by atoms with van der Waals surface area (Å²) in [4.78, 5) is 1.07. The zero-order valence-electron chi connectivity index (χ0n) is 9.89. The molecule has 0 aliphatic carbocycles. The maximum absolute atomic E-state index is 6.46. The highest BCUT2D eigenvalue weighted by molar-refractivity contribution is 9.13. The van der Waals surface area contributed by atoms with E-state index in [1.165, 1.54) is 11.3 Å². The van der Waals surface area contributed by atoms with E-state index in [9.17, 15) is 0 Å². The lowest BCUT2D eigenvalue weighted by molar-refractivity contribution is 0.989. The number of alkyl halides is 1. The molecule has 0 aliphatic heterocycles. The Hall–Kier alpha value is -0.270. The van der Waals surface area contributed by atoms with Crippen LogP contribution in [0.1, 0.15) is 15.9 Å². The van der Waals surface area contributed by atoms with Crippen molar-refractivity contribution < 1.29 is 0 Å². The third kappa shape index (κ3) is 2.99. The van der Waals surface area contributed by atoms with Crippen molar-refractivity contribution in [1.82, 2.24) is 10.2 Å². The van der Waals surface area contributed by atoms with Crippen molar-refractivity contribution in [2.75, 3.05) is 0 Å². The number of rotatable bonds is 3. The molecule has 3 aromatic rings. The van der Waals surface area contributed by atoms with E-state index >= 15 is 0 Å². The van der Waals surface area contributed by atoms with Gasteiger partial charge in [-0.1, -0.05) is 41.7 Å². The van der Waals surface area contributed by atoms with E-state index in [4.69, 9.17) is 11.6 Å². The summed E-state index contributed by atoms with van der Waals surface area (Å²) in [6.45, 7) is 0. The van der Waals surface area contributed by atoms with E-state index < -0.39 is 0 Å². The smallest absolute Gasteiger partial charge is 0.141 e. The van der Waals surface area contributed by atoms with E-state index in [0.717, 1.165) is 28.7 Å². The molecule has 102 valence electrons. The highest BCUT2D eigenvalue weighted by atomic mass is 79.9. The summed E-state index contributed by atoms with van der Waals surface area (Å²) < 4.78 is 2.08. The second-order valence-electron chi connectivity index (χ2n) is 3.95. The molecule has 0 fully saturated rings. The molecular weight excluding hydrogens is 444 g/mol. The standard InChI is InChI=1S/C13H7Br2ClN2S2/c14-8-6-9(19-11(8)15)12-17-18-13(20-12)10(16)7-4-2-1-3-5-7/h1-6,10H. The molecule has 1 unspecified atom stereocenters. The quantitative estimate of drug-likeness (QED) is 0.449. The normalized spacial score (nSPS) is 12.6. The number of nitrogens with zero attached hydrogens (tertiary/aromatic N) is 2. The Labute approximate surface area is 146 Å². The van der Waals surface area contributed by atoms with Gasteiger partial charge < -0.3 is 0 Å². The Balaban J connectivity index is 1.90. The molecule has 0 N–H and O–H groups in total. The Bertz CT molecular complexity index is 708. The predicted octanol–water partition coefficient (Wildman–Crippen LogP) is 6.12. The van der Waals surface area contributed by atoms with Crippen molar-refractivity contribution >= 4 is 66.1 Å². The number of benzene rings is 1. The number of halogens is 3. The maximum Gasteiger partial charge on any atom is 0.157 e. The molecular formula is C13H7Br2ClN2S2. The highest BCUT2D eigenvalue weighted by Crippen LogP contribution is 2.41. The third-order valence-corrected chi connectivity index (χ3v) is 7.61. The third-order valence-electron chi connectivity index (χ3n) is 2.61. The molecule has 0 saturated carbocycles. The lowest BCUT2D eigenvalue weighted by atomic mass is 10.1. The van der Waals surface area contributed by atoms with E-state index in [-0.39, 0.29) is 5.38 Å². The Kier molecular flexibility index (Phi) is 4.57. The van der Waals surface area contributed by atoms with Crippen LogP contribution >= 0.6 is 66.1 Å². The minimum Gasteiger partial charge on any atom is -0.141 e. The molecule has 3 rings (SSSR count). The zero-order chi connectivity index (χ0) is 14.1. The Morgan fingerprint density at radius 3 is 2.45 bits per heavy atom. The van der Waals surface area contributed by atoms with Crippen LogP contribution in [0, 0.1) is 0 Å². The summed E-state index contributed by atoms with van der Waals surface area (Å²) in [6, 6.07) is 11.9. The average molecular weight is 451 g/mol. The maximum atomic E-state index is 6.46. The van der Waals surface area contributed by atoms with Gasteiger partial charge in [0, 0.05) is 4.47 Å². The minimum absolute atomic E-state index is 0.255. The molecule has 7 heteroatoms. The lowest BCUT2D eigenvalue weighted by Gasteiger charge is -2.04. The largest absolute Gasteiger partial charge is 0.157 e. The van der Waals surface area contributed by atoms with Gasteiger partial charge in [0.05, 0.1) is 8.66 Å². The van der Waals surface area contributed by atoms with Crippen LogP contribution in [0.25, 0.3) is 9.88 Å². The van der Waals surface area contributed by atoms with Crippen molar-refractivity contribution in [3.05, 3.63) is 55.2 Å². The molecule has 0 spiro atoms. The van der Waals surface area contributed by atoms with Gasteiger partial charge >= 0.3 is 0 Å². The fourth-order valence-electron chi connectivity index (χ4n) is 1.65. The van der Waals surface area contributed by atoms with Crippen LogP contribution in [0.3, 0.4) is 0 Å². The van der Waals surface area contributed by atoms with Gasteiger partial charge in [0.15, 0.2) is 5.01 Å². The van der Waals surface area contributed by atoms with E-state index in [1.807, 2.05) is 36.4 Å². The summed E-state index contributed by atoms with van der Waals surface area (Å²) in [5.41, 5.74) is 1.03. The molecule has 0 amide bonds. The topological polar surface area (TPSA) is 25.8 Å². The van der Waals surface area contributed by atoms with Gasteiger partial charge in [-0.2, -0.15) is 0 Å². The van der Waals surface area contributed by atoms with Crippen LogP contribution in [-0.2, 0) is 0 Å². The summed E-state index contributed by atoms with van der Waals surface area (Å²) >= 11 is 16.6. The summed E-state index contributed by atoms with van der Waals surface area (Å²) in [5, 5.41) is 9.91. The van der Waals surface area contributed by atoms with Gasteiger partial charge in [-0.15, -0.1) is 33.1 Å². The monoisotopic (exact) mass is 448 g/mol. The molecule has 2 aromatic heterocycles. The lowest BCUT2D eigenvalue weighted by Crippen LogP contribution is -1.91. The zero-order valence-corrected chi connectivity index (χ0v) is 15.4. The predicted molar refractivity (Wildman–Crippen MR) is 92.8 cm³/mol. The van der Waals surface area contributed by atoms with Gasteiger partial charge in [0.2, 0.25) is 0 Å². The Morgan fingerprint density at radius 1 is 1.05 bits per heavy atom. The molecule has 1 atom stereocenters. The van der Waals surface area contributed by atoms with Crippen molar-refractivity contribution in [3.63, 3.8) is 0 Å². The molecule has 0 radical (unpaired) electrons. The van der Waals surface area contributed by atoms with Gasteiger partial charge in [0.25, 0.3) is 0 Å². The molecule has 2 heterocycles. The van der Waals surface area contributed by atoms with Crippen molar-refractivity contribution in [1.29, 1.82) is 0 Å². The first-order valence-corrected chi connectivity index (χ1v) is 9.28. The van der Waals surface area contributed by atoms with Gasteiger partial charge in [-0.05, 0) is 43.5 Å². The first kappa shape index (κ1) is 14.7. The molecule has 0 saturated heterocycles. The number of aromatic nitrogens is 2. The van der Waals surface area contributed by atoms with Crippen LogP contribution in [0.5, 0.6) is 0 Å². The van der Waals surface area contributed by atoms with Crippen LogP contribution in [0.2, 0.25) is 0 Å². The van der Waals surface area contributed by atoms with Crippen molar-refractivity contribution in [2.24, 2.45) is 0 Å². The number of thiophene rings is 1. The van der Waals surface area contributed by atoms with Crippen LogP contribution < -0.4 is 0 Å². The first-order valence-electron chi connectivity index (χ1n) is 5.63. The minimum atomic E-state index is -0.255.